The van der Waals surface area contributed by atoms with Gasteiger partial charge in [-0.25, -0.2) is 0 Å². The Labute approximate surface area is 86.8 Å². The smallest absolute Gasteiger partial charge is 0.0987 e. The first-order chi connectivity index (χ1) is 6.32. The van der Waals surface area contributed by atoms with E-state index in [1.165, 1.54) is 0 Å². The summed E-state index contributed by atoms with van der Waals surface area (Å²) in [4.78, 5) is 5.99. The van der Waals surface area contributed by atoms with E-state index in [1.54, 1.807) is 0 Å². The van der Waals surface area contributed by atoms with E-state index in [2.05, 4.69) is 45.0 Å². The van der Waals surface area contributed by atoms with E-state index >= 15 is 0 Å². The average Bonchev–Trinajstić information content (AvgIpc) is 2.15. The first-order valence-electron chi connectivity index (χ1n) is 5.55. The quantitative estimate of drug-likeness (QED) is 0.691. The summed E-state index contributed by atoms with van der Waals surface area (Å²) in [5, 5.41) is 5.81. The summed E-state index contributed by atoms with van der Waals surface area (Å²) in [6.07, 6.45) is 1.45. The standard InChI is InChI=1S/C11H22N2O/c1-8(2)13-7-11(5)6-9(14-13)10(3,4)12-11/h8-9,12H,6-7H2,1-5H3/t9?,11-/m1/s1. The van der Waals surface area contributed by atoms with Crippen LogP contribution in [0.2, 0.25) is 0 Å². The number of hydrogen-bond donors (Lipinski definition) is 1. The minimum absolute atomic E-state index is 0.110. The van der Waals surface area contributed by atoms with Crippen LogP contribution in [0.25, 0.3) is 0 Å². The van der Waals surface area contributed by atoms with Gasteiger partial charge >= 0.3 is 0 Å². The second-order valence-corrected chi connectivity index (χ2v) is 5.87. The molecule has 14 heavy (non-hydrogen) atoms. The molecule has 2 heterocycles. The Kier molecular flexibility index (Phi) is 2.18. The zero-order chi connectivity index (χ0) is 10.6. The van der Waals surface area contributed by atoms with Crippen LogP contribution >= 0.6 is 0 Å². The molecule has 2 bridgehead atoms. The number of hydrogen-bond acceptors (Lipinski definition) is 3. The minimum atomic E-state index is 0.110. The normalized spacial score (nSPS) is 42.0. The lowest BCUT2D eigenvalue weighted by atomic mass is 9.94. The second-order valence-electron chi connectivity index (χ2n) is 5.87. The van der Waals surface area contributed by atoms with Crippen LogP contribution in [-0.2, 0) is 4.84 Å². The maximum Gasteiger partial charge on any atom is 0.0987 e. The van der Waals surface area contributed by atoms with Crippen molar-refractivity contribution in [3.63, 3.8) is 0 Å². The van der Waals surface area contributed by atoms with E-state index in [-0.39, 0.29) is 11.1 Å². The first kappa shape index (κ1) is 10.4. The second kappa shape index (κ2) is 2.94. The Morgan fingerprint density at radius 2 is 2.00 bits per heavy atom. The van der Waals surface area contributed by atoms with E-state index in [9.17, 15) is 0 Å². The molecule has 1 unspecified atom stereocenters. The highest BCUT2D eigenvalue weighted by molar-refractivity contribution is 5.09. The molecule has 0 aromatic carbocycles. The van der Waals surface area contributed by atoms with E-state index in [4.69, 9.17) is 4.84 Å². The Morgan fingerprint density at radius 3 is 2.50 bits per heavy atom. The van der Waals surface area contributed by atoms with Gasteiger partial charge in [-0.05, 0) is 41.0 Å². The van der Waals surface area contributed by atoms with Gasteiger partial charge in [-0.15, -0.1) is 0 Å². The van der Waals surface area contributed by atoms with Gasteiger partial charge in [-0.3, -0.25) is 4.84 Å². The maximum atomic E-state index is 5.99. The van der Waals surface area contributed by atoms with Crippen LogP contribution in [-0.4, -0.2) is 34.8 Å². The molecule has 2 aliphatic heterocycles. The van der Waals surface area contributed by atoms with Crippen LogP contribution in [0, 0.1) is 0 Å². The van der Waals surface area contributed by atoms with E-state index < -0.39 is 0 Å². The highest BCUT2D eigenvalue weighted by Gasteiger charge is 2.52. The highest BCUT2D eigenvalue weighted by Crippen LogP contribution is 2.38. The first-order valence-corrected chi connectivity index (χ1v) is 5.55. The fraction of sp³-hybridized carbons (Fsp3) is 1.00. The molecule has 1 N–H and O–H groups in total. The summed E-state index contributed by atoms with van der Waals surface area (Å²) in [6, 6.07) is 0.466. The molecule has 0 aromatic rings. The fourth-order valence-corrected chi connectivity index (χ4v) is 2.70. The van der Waals surface area contributed by atoms with Gasteiger partial charge in [0.1, 0.15) is 0 Å². The van der Waals surface area contributed by atoms with Gasteiger partial charge in [0.25, 0.3) is 0 Å². The summed E-state index contributed by atoms with van der Waals surface area (Å²) >= 11 is 0. The van der Waals surface area contributed by atoms with Crippen LogP contribution < -0.4 is 5.32 Å². The predicted octanol–water partition coefficient (Wildman–Crippen LogP) is 1.54. The molecule has 2 aliphatic rings. The van der Waals surface area contributed by atoms with Gasteiger partial charge in [-0.1, -0.05) is 0 Å². The molecule has 0 amide bonds. The Hall–Kier alpha value is -0.120. The van der Waals surface area contributed by atoms with E-state index in [0.29, 0.717) is 12.1 Å². The molecule has 2 rings (SSSR count). The predicted molar refractivity (Wildman–Crippen MR) is 57.0 cm³/mol. The summed E-state index contributed by atoms with van der Waals surface area (Å²) in [7, 11) is 0. The third-order valence-corrected chi connectivity index (χ3v) is 3.41. The van der Waals surface area contributed by atoms with Crippen molar-refractivity contribution in [2.24, 2.45) is 0 Å². The molecule has 0 radical (unpaired) electrons. The van der Waals surface area contributed by atoms with Crippen LogP contribution in [0.5, 0.6) is 0 Å². The number of fused-ring (bicyclic) bond motifs is 2. The average molecular weight is 198 g/mol. The van der Waals surface area contributed by atoms with E-state index in [1.807, 2.05) is 0 Å². The summed E-state index contributed by atoms with van der Waals surface area (Å²) in [5.74, 6) is 0. The molecule has 2 saturated heterocycles. The van der Waals surface area contributed by atoms with Gasteiger partial charge in [0.15, 0.2) is 0 Å². The van der Waals surface area contributed by atoms with Crippen molar-refractivity contribution in [2.75, 3.05) is 6.54 Å². The zero-order valence-corrected chi connectivity index (χ0v) is 9.92. The van der Waals surface area contributed by atoms with Crippen molar-refractivity contribution in [2.45, 2.75) is 64.3 Å². The van der Waals surface area contributed by atoms with Crippen LogP contribution in [0.15, 0.2) is 0 Å². The van der Waals surface area contributed by atoms with Crippen molar-refractivity contribution in [3.05, 3.63) is 0 Å². The van der Waals surface area contributed by atoms with Gasteiger partial charge in [0, 0.05) is 23.7 Å². The third-order valence-electron chi connectivity index (χ3n) is 3.41. The molecule has 0 aliphatic carbocycles. The van der Waals surface area contributed by atoms with Crippen LogP contribution in [0.3, 0.4) is 0 Å². The number of hydroxylamine groups is 2. The molecule has 0 aromatic heterocycles. The molecule has 82 valence electrons. The lowest BCUT2D eigenvalue weighted by molar-refractivity contribution is -0.243. The molecule has 2 fully saturated rings. The SMILES string of the molecule is CC(C)N1C[C@@]2(C)CC(O1)C(C)(C)N2. The van der Waals surface area contributed by atoms with Crippen molar-refractivity contribution < 1.29 is 4.84 Å². The van der Waals surface area contributed by atoms with Gasteiger partial charge in [0.2, 0.25) is 0 Å². The Morgan fingerprint density at radius 1 is 1.36 bits per heavy atom. The van der Waals surface area contributed by atoms with Crippen molar-refractivity contribution >= 4 is 0 Å². The lowest BCUT2D eigenvalue weighted by Gasteiger charge is -2.39. The van der Waals surface area contributed by atoms with Crippen molar-refractivity contribution in [3.8, 4) is 0 Å². The minimum Gasteiger partial charge on any atom is -0.302 e. The highest BCUT2D eigenvalue weighted by atomic mass is 16.7. The summed E-state index contributed by atoms with van der Waals surface area (Å²) < 4.78 is 0. The molecule has 0 spiro atoms. The molecular formula is C11H22N2O. The third kappa shape index (κ3) is 1.58. The van der Waals surface area contributed by atoms with Crippen molar-refractivity contribution in [1.82, 2.24) is 10.4 Å². The molecule has 3 heteroatoms. The summed E-state index contributed by atoms with van der Waals surface area (Å²) in [6.45, 7) is 12.1. The monoisotopic (exact) mass is 198 g/mol. The molecular weight excluding hydrogens is 176 g/mol. The topological polar surface area (TPSA) is 24.5 Å². The number of rotatable bonds is 1. The van der Waals surface area contributed by atoms with Crippen LogP contribution in [0.1, 0.15) is 41.0 Å². The van der Waals surface area contributed by atoms with Crippen molar-refractivity contribution in [1.29, 1.82) is 0 Å². The van der Waals surface area contributed by atoms with Crippen LogP contribution in [0.4, 0.5) is 0 Å². The lowest BCUT2D eigenvalue weighted by Crippen LogP contribution is -2.52. The maximum absolute atomic E-state index is 5.99. The van der Waals surface area contributed by atoms with Gasteiger partial charge < -0.3 is 5.32 Å². The zero-order valence-electron chi connectivity index (χ0n) is 9.92. The number of nitrogens with one attached hydrogen (secondary N) is 1. The Bertz CT molecular complexity index is 239. The summed E-state index contributed by atoms with van der Waals surface area (Å²) in [5.41, 5.74) is 0.342. The van der Waals surface area contributed by atoms with E-state index in [0.717, 1.165) is 13.0 Å². The van der Waals surface area contributed by atoms with Gasteiger partial charge in [-0.2, -0.15) is 5.06 Å². The fourth-order valence-electron chi connectivity index (χ4n) is 2.70. The molecule has 2 atom stereocenters. The number of nitrogens with zero attached hydrogens (tertiary/aromatic N) is 1. The Balaban J connectivity index is 2.18. The molecule has 0 saturated carbocycles. The molecule has 3 nitrogen and oxygen atoms in total. The van der Waals surface area contributed by atoms with Gasteiger partial charge in [0.05, 0.1) is 6.10 Å². The largest absolute Gasteiger partial charge is 0.302 e.